The molecule has 1 atom stereocenters. The fourth-order valence-corrected chi connectivity index (χ4v) is 2.21. The maximum atomic E-state index is 12.1. The first-order chi connectivity index (χ1) is 9.74. The van der Waals surface area contributed by atoms with Gasteiger partial charge in [0.1, 0.15) is 11.9 Å². The van der Waals surface area contributed by atoms with Crippen molar-refractivity contribution in [2.24, 2.45) is 0 Å². The van der Waals surface area contributed by atoms with Crippen molar-refractivity contribution in [1.29, 1.82) is 0 Å². The van der Waals surface area contributed by atoms with Crippen LogP contribution < -0.4 is 11.1 Å². The molecule has 104 valence electrons. The van der Waals surface area contributed by atoms with Crippen LogP contribution in [0.15, 0.2) is 36.5 Å². The number of carbonyl (C=O) groups excluding carboxylic acids is 1. The normalized spacial score (nSPS) is 18.1. The van der Waals surface area contributed by atoms with Crippen molar-refractivity contribution in [2.75, 3.05) is 17.7 Å². The van der Waals surface area contributed by atoms with Crippen LogP contribution in [0.5, 0.6) is 0 Å². The maximum absolute atomic E-state index is 12.1. The van der Waals surface area contributed by atoms with Crippen molar-refractivity contribution in [1.82, 2.24) is 9.78 Å². The fourth-order valence-electron chi connectivity index (χ4n) is 2.21. The van der Waals surface area contributed by atoms with Gasteiger partial charge >= 0.3 is 0 Å². The van der Waals surface area contributed by atoms with Gasteiger partial charge in [-0.1, -0.05) is 0 Å². The largest absolute Gasteiger partial charge is 0.399 e. The van der Waals surface area contributed by atoms with E-state index in [4.69, 9.17) is 10.5 Å². The van der Waals surface area contributed by atoms with E-state index in [0.717, 1.165) is 18.5 Å². The Kier molecular flexibility index (Phi) is 3.39. The highest BCUT2D eigenvalue weighted by atomic mass is 16.5. The van der Waals surface area contributed by atoms with E-state index >= 15 is 0 Å². The van der Waals surface area contributed by atoms with Gasteiger partial charge in [-0.2, -0.15) is 5.10 Å². The van der Waals surface area contributed by atoms with Gasteiger partial charge in [0.2, 0.25) is 0 Å². The van der Waals surface area contributed by atoms with Gasteiger partial charge in [-0.3, -0.25) is 4.79 Å². The number of carbonyl (C=O) groups is 1. The summed E-state index contributed by atoms with van der Waals surface area (Å²) >= 11 is 0. The van der Waals surface area contributed by atoms with E-state index < -0.39 is 0 Å². The minimum atomic E-state index is -0.357. The molecule has 1 unspecified atom stereocenters. The Morgan fingerprint density at radius 2 is 2.15 bits per heavy atom. The molecule has 1 aromatic carbocycles. The van der Waals surface area contributed by atoms with Gasteiger partial charge < -0.3 is 15.8 Å². The SMILES string of the molecule is Nc1ccc(-n2nccc2NC(=O)C2CCCO2)cc1. The average Bonchev–Trinajstić information content (AvgIpc) is 3.10. The number of nitrogens with two attached hydrogens (primary N) is 1. The number of rotatable bonds is 3. The molecule has 1 saturated heterocycles. The monoisotopic (exact) mass is 272 g/mol. The van der Waals surface area contributed by atoms with E-state index in [1.54, 1.807) is 29.1 Å². The number of hydrogen-bond acceptors (Lipinski definition) is 4. The maximum Gasteiger partial charge on any atom is 0.254 e. The lowest BCUT2D eigenvalue weighted by Gasteiger charge is -2.12. The molecule has 1 fully saturated rings. The first kappa shape index (κ1) is 12.7. The standard InChI is InChI=1S/C14H16N4O2/c15-10-3-5-11(6-4-10)18-13(7-8-16-18)17-14(19)12-2-1-9-20-12/h3-8,12H,1-2,9,15H2,(H,17,19). The molecular formula is C14H16N4O2. The Balaban J connectivity index is 1.79. The second-order valence-electron chi connectivity index (χ2n) is 4.71. The molecule has 2 aromatic rings. The van der Waals surface area contributed by atoms with Crippen LogP contribution in [-0.2, 0) is 9.53 Å². The third-order valence-corrected chi connectivity index (χ3v) is 3.25. The summed E-state index contributed by atoms with van der Waals surface area (Å²) in [6.07, 6.45) is 2.98. The number of nitrogen functional groups attached to an aromatic ring is 1. The molecule has 0 bridgehead atoms. The summed E-state index contributed by atoms with van der Waals surface area (Å²) in [5, 5.41) is 7.07. The number of nitrogens with one attached hydrogen (secondary N) is 1. The third-order valence-electron chi connectivity index (χ3n) is 3.25. The van der Waals surface area contributed by atoms with Crippen LogP contribution in [0.25, 0.3) is 5.69 Å². The minimum absolute atomic E-state index is 0.125. The number of nitrogens with zero attached hydrogens (tertiary/aromatic N) is 2. The highest BCUT2D eigenvalue weighted by Gasteiger charge is 2.24. The second kappa shape index (κ2) is 5.34. The topological polar surface area (TPSA) is 82.2 Å². The summed E-state index contributed by atoms with van der Waals surface area (Å²) in [7, 11) is 0. The highest BCUT2D eigenvalue weighted by molar-refractivity contribution is 5.93. The van der Waals surface area contributed by atoms with Crippen molar-refractivity contribution in [3.63, 3.8) is 0 Å². The summed E-state index contributed by atoms with van der Waals surface area (Å²) in [4.78, 5) is 12.1. The average molecular weight is 272 g/mol. The van der Waals surface area contributed by atoms with E-state index in [0.29, 0.717) is 18.1 Å². The van der Waals surface area contributed by atoms with E-state index in [1.807, 2.05) is 12.1 Å². The van der Waals surface area contributed by atoms with Crippen LogP contribution in [0.1, 0.15) is 12.8 Å². The van der Waals surface area contributed by atoms with Gasteiger partial charge in [0.15, 0.2) is 0 Å². The zero-order chi connectivity index (χ0) is 13.9. The van der Waals surface area contributed by atoms with Crippen LogP contribution in [0.3, 0.4) is 0 Å². The van der Waals surface area contributed by atoms with Crippen LogP contribution >= 0.6 is 0 Å². The van der Waals surface area contributed by atoms with Crippen LogP contribution in [0.4, 0.5) is 11.5 Å². The lowest BCUT2D eigenvalue weighted by Crippen LogP contribution is -2.27. The van der Waals surface area contributed by atoms with Gasteiger partial charge in [-0.15, -0.1) is 0 Å². The zero-order valence-electron chi connectivity index (χ0n) is 11.0. The molecule has 0 radical (unpaired) electrons. The summed E-state index contributed by atoms with van der Waals surface area (Å²) in [5.74, 6) is 0.495. The summed E-state index contributed by atoms with van der Waals surface area (Å²) in [5.41, 5.74) is 7.19. The predicted molar refractivity (Wildman–Crippen MR) is 75.6 cm³/mol. The van der Waals surface area contributed by atoms with Crippen molar-refractivity contribution >= 4 is 17.4 Å². The molecule has 3 rings (SSSR count). The molecule has 1 aliphatic heterocycles. The number of ether oxygens (including phenoxy) is 1. The first-order valence-corrected chi connectivity index (χ1v) is 6.56. The molecule has 1 aromatic heterocycles. The third kappa shape index (κ3) is 2.50. The second-order valence-corrected chi connectivity index (χ2v) is 4.71. The first-order valence-electron chi connectivity index (χ1n) is 6.56. The van der Waals surface area contributed by atoms with Crippen LogP contribution in [0.2, 0.25) is 0 Å². The lowest BCUT2D eigenvalue weighted by atomic mass is 10.2. The highest BCUT2D eigenvalue weighted by Crippen LogP contribution is 2.18. The lowest BCUT2D eigenvalue weighted by molar-refractivity contribution is -0.124. The molecule has 6 nitrogen and oxygen atoms in total. The number of aromatic nitrogens is 2. The van der Waals surface area contributed by atoms with Crippen molar-refractivity contribution in [3.8, 4) is 5.69 Å². The van der Waals surface area contributed by atoms with E-state index in [2.05, 4.69) is 10.4 Å². The summed E-state index contributed by atoms with van der Waals surface area (Å²) < 4.78 is 7.03. The molecule has 2 heterocycles. The van der Waals surface area contributed by atoms with E-state index in [-0.39, 0.29) is 12.0 Å². The summed E-state index contributed by atoms with van der Waals surface area (Å²) in [6.45, 7) is 0.648. The zero-order valence-corrected chi connectivity index (χ0v) is 11.0. The summed E-state index contributed by atoms with van der Waals surface area (Å²) in [6, 6.07) is 9.04. The van der Waals surface area contributed by atoms with Crippen molar-refractivity contribution < 1.29 is 9.53 Å². The van der Waals surface area contributed by atoms with E-state index in [1.165, 1.54) is 0 Å². The predicted octanol–water partition coefficient (Wildman–Crippen LogP) is 1.57. The van der Waals surface area contributed by atoms with Crippen molar-refractivity contribution in [2.45, 2.75) is 18.9 Å². The Hall–Kier alpha value is -2.34. The van der Waals surface area contributed by atoms with Gasteiger partial charge in [-0.25, -0.2) is 4.68 Å². The molecule has 0 spiro atoms. The number of amides is 1. The molecule has 0 aliphatic carbocycles. The quantitative estimate of drug-likeness (QED) is 0.831. The van der Waals surface area contributed by atoms with Gasteiger partial charge in [0.05, 0.1) is 11.9 Å². The number of benzene rings is 1. The minimum Gasteiger partial charge on any atom is -0.399 e. The molecule has 6 heteroatoms. The molecule has 3 N–H and O–H groups in total. The Bertz CT molecular complexity index is 600. The van der Waals surface area contributed by atoms with Crippen molar-refractivity contribution in [3.05, 3.63) is 36.5 Å². The van der Waals surface area contributed by atoms with Crippen LogP contribution in [0, 0.1) is 0 Å². The molecular weight excluding hydrogens is 256 g/mol. The number of anilines is 2. The molecule has 1 aliphatic rings. The van der Waals surface area contributed by atoms with Gasteiger partial charge in [0.25, 0.3) is 5.91 Å². The van der Waals surface area contributed by atoms with Gasteiger partial charge in [0, 0.05) is 18.4 Å². The van der Waals surface area contributed by atoms with E-state index in [9.17, 15) is 4.79 Å². The molecule has 1 amide bonds. The Morgan fingerprint density at radius 1 is 1.35 bits per heavy atom. The van der Waals surface area contributed by atoms with Crippen LogP contribution in [-0.4, -0.2) is 28.4 Å². The molecule has 20 heavy (non-hydrogen) atoms. The fraction of sp³-hybridized carbons (Fsp3) is 0.286. The van der Waals surface area contributed by atoms with Gasteiger partial charge in [-0.05, 0) is 37.1 Å². The smallest absolute Gasteiger partial charge is 0.254 e. The number of hydrogen-bond donors (Lipinski definition) is 2. The Morgan fingerprint density at radius 3 is 2.85 bits per heavy atom. The Labute approximate surface area is 116 Å². The molecule has 0 saturated carbocycles.